The first-order valence-electron chi connectivity index (χ1n) is 16.4. The molecule has 1 unspecified atom stereocenters. The third-order valence-corrected chi connectivity index (χ3v) is 10.3. The van der Waals surface area contributed by atoms with E-state index in [1.165, 1.54) is 17.1 Å². The van der Waals surface area contributed by atoms with Gasteiger partial charge < -0.3 is 9.57 Å². The van der Waals surface area contributed by atoms with Gasteiger partial charge in [0.2, 0.25) is 6.23 Å². The van der Waals surface area contributed by atoms with Crippen LogP contribution in [0.5, 0.6) is 0 Å². The SMILES string of the molecule is Cc1ccc(-c2cc(C(F)(F)F)nn2-c2ccc(S(=O)(=O)NC(=O)OCC3CCN(n4on4OC(C)N4C(=O)c5ccccc5C4=O)CC3)cc2)cc1. The number of carbonyl (C=O) groups is 3. The molecular weight excluding hydrogens is 723 g/mol. The van der Waals surface area contributed by atoms with E-state index in [0.29, 0.717) is 42.6 Å². The van der Waals surface area contributed by atoms with E-state index in [-0.39, 0.29) is 28.8 Å². The van der Waals surface area contributed by atoms with Crippen molar-refractivity contribution in [3.63, 3.8) is 0 Å². The van der Waals surface area contributed by atoms with Gasteiger partial charge in [0.25, 0.3) is 21.8 Å². The molecule has 1 fully saturated rings. The Bertz CT molecular complexity index is 2230. The average Bonchev–Trinajstić information content (AvgIpc) is 3.64. The van der Waals surface area contributed by atoms with Crippen LogP contribution in [0.4, 0.5) is 18.0 Å². The summed E-state index contributed by atoms with van der Waals surface area (Å²) >= 11 is 0. The lowest BCUT2D eigenvalue weighted by Crippen LogP contribution is -2.45. The molecule has 5 aromatic rings. The second kappa shape index (κ2) is 13.5. The highest BCUT2D eigenvalue weighted by Gasteiger charge is 2.41. The molecule has 53 heavy (non-hydrogen) atoms. The summed E-state index contributed by atoms with van der Waals surface area (Å²) in [5.41, 5.74) is 1.21. The molecule has 2 aliphatic heterocycles. The normalized spacial score (nSPS) is 15.9. The number of aryl methyl sites for hydroxylation is 1. The van der Waals surface area contributed by atoms with Crippen LogP contribution in [0.15, 0.2) is 88.4 Å². The Hall–Kier alpha value is -5.98. The molecule has 0 saturated carbocycles. The lowest BCUT2D eigenvalue weighted by Gasteiger charge is -2.28. The highest BCUT2D eigenvalue weighted by molar-refractivity contribution is 7.90. The molecule has 0 aliphatic carbocycles. The minimum Gasteiger partial charge on any atom is -0.449 e. The number of piperidine rings is 1. The van der Waals surface area contributed by atoms with Crippen LogP contribution in [0.3, 0.4) is 0 Å². The van der Waals surface area contributed by atoms with Crippen LogP contribution >= 0.6 is 0 Å². The summed E-state index contributed by atoms with van der Waals surface area (Å²) in [6.07, 6.45) is -5.74. The molecule has 4 heterocycles. The standard InChI is InChI=1S/C34H32F3N7O8S/c1-21-7-9-24(10-8-21)29-19-30(34(35,36)37)38-42(29)25-11-13-26(14-12-25)53(48,49)39-33(47)50-20-23-15-17-40(18-16-23)43-44(52-43)51-22(2)41-31(45)27-5-3-4-6-28(27)32(41)46/h3-14,19,22-23H,15-18,20H2,1-2H3,(H,39,47). The predicted molar refractivity (Wildman–Crippen MR) is 179 cm³/mol. The summed E-state index contributed by atoms with van der Waals surface area (Å²) in [6.45, 7) is 4.26. The molecule has 1 saturated heterocycles. The maximum Gasteiger partial charge on any atom is 0.435 e. The number of sulfonamides is 1. The van der Waals surface area contributed by atoms with Crippen molar-refractivity contribution in [3.8, 4) is 16.9 Å². The Kier molecular flexibility index (Phi) is 9.05. The summed E-state index contributed by atoms with van der Waals surface area (Å²) in [5.74, 6) is -1.03. The van der Waals surface area contributed by atoms with Crippen molar-refractivity contribution >= 4 is 27.9 Å². The summed E-state index contributed by atoms with van der Waals surface area (Å²) in [4.78, 5) is 45.6. The van der Waals surface area contributed by atoms with Gasteiger partial charge in [0.15, 0.2) is 5.69 Å². The first kappa shape index (κ1) is 35.4. The molecule has 1 atom stereocenters. The molecule has 278 valence electrons. The van der Waals surface area contributed by atoms with E-state index in [4.69, 9.17) is 14.2 Å². The Morgan fingerprint density at radius 2 is 1.60 bits per heavy atom. The van der Waals surface area contributed by atoms with Gasteiger partial charge in [0, 0.05) is 23.6 Å². The maximum absolute atomic E-state index is 13.6. The Balaban J connectivity index is 0.897. The predicted octanol–water partition coefficient (Wildman–Crippen LogP) is 4.60. The van der Waals surface area contributed by atoms with E-state index in [1.807, 2.05) is 11.6 Å². The van der Waals surface area contributed by atoms with E-state index in [0.717, 1.165) is 38.4 Å². The number of alkyl halides is 3. The van der Waals surface area contributed by atoms with E-state index in [2.05, 4.69) is 5.10 Å². The molecule has 1 N–H and O–H groups in total. The molecule has 19 heteroatoms. The lowest BCUT2D eigenvalue weighted by atomic mass is 9.99. The molecule has 7 rings (SSSR count). The van der Waals surface area contributed by atoms with Crippen LogP contribution in [0, 0.1) is 12.8 Å². The molecule has 3 aromatic carbocycles. The van der Waals surface area contributed by atoms with Crippen molar-refractivity contribution in [2.45, 2.75) is 44.0 Å². The van der Waals surface area contributed by atoms with Crippen LogP contribution in [-0.2, 0) is 20.9 Å². The summed E-state index contributed by atoms with van der Waals surface area (Å²) in [7, 11) is -4.38. The lowest BCUT2D eigenvalue weighted by molar-refractivity contribution is -0.141. The zero-order valence-electron chi connectivity index (χ0n) is 28.2. The number of hydrogen-bond donors (Lipinski definition) is 1. The molecule has 15 nitrogen and oxygen atoms in total. The number of hydrogen-bond acceptors (Lipinski definition) is 10. The molecular formula is C34H32F3N7O8S. The fourth-order valence-corrected chi connectivity index (χ4v) is 6.93. The van der Waals surface area contributed by atoms with Crippen LogP contribution < -0.4 is 14.6 Å². The average molecular weight is 756 g/mol. The number of nitrogens with one attached hydrogen (secondary N) is 1. The number of amides is 3. The number of halogens is 3. The monoisotopic (exact) mass is 755 g/mol. The number of rotatable bonds is 10. The van der Waals surface area contributed by atoms with Gasteiger partial charge in [-0.2, -0.15) is 22.9 Å². The van der Waals surface area contributed by atoms with Crippen molar-refractivity contribution in [3.05, 3.63) is 101 Å². The second-order valence-electron chi connectivity index (χ2n) is 12.6. The second-order valence-corrected chi connectivity index (χ2v) is 14.3. The first-order valence-corrected chi connectivity index (χ1v) is 17.9. The van der Waals surface area contributed by atoms with Crippen molar-refractivity contribution in [1.29, 1.82) is 0 Å². The van der Waals surface area contributed by atoms with E-state index in [1.54, 1.807) is 60.5 Å². The van der Waals surface area contributed by atoms with Crippen molar-refractivity contribution < 1.29 is 50.2 Å². The number of fused-ring (bicyclic) bond motifs is 1. The minimum atomic E-state index is -4.71. The Labute approximate surface area is 299 Å². The smallest absolute Gasteiger partial charge is 0.435 e. The molecule has 0 spiro atoms. The first-order chi connectivity index (χ1) is 25.2. The quantitative estimate of drug-likeness (QED) is 0.200. The van der Waals surface area contributed by atoms with Gasteiger partial charge in [-0.15, -0.1) is 0 Å². The largest absolute Gasteiger partial charge is 0.449 e. The van der Waals surface area contributed by atoms with Crippen molar-refractivity contribution in [2.24, 2.45) is 5.92 Å². The fourth-order valence-electron chi connectivity index (χ4n) is 6.04. The molecule has 3 amide bonds. The van der Waals surface area contributed by atoms with Gasteiger partial charge in [-0.25, -0.2) is 27.5 Å². The van der Waals surface area contributed by atoms with E-state index in [9.17, 15) is 36.0 Å². The highest BCUT2D eigenvalue weighted by Crippen LogP contribution is 2.33. The zero-order valence-corrected chi connectivity index (χ0v) is 29.0. The van der Waals surface area contributed by atoms with Gasteiger partial charge in [-0.05, 0) is 75.1 Å². The maximum atomic E-state index is 13.6. The molecule has 0 bridgehead atoms. The van der Waals surface area contributed by atoms with Crippen LogP contribution in [-0.4, -0.2) is 76.9 Å². The van der Waals surface area contributed by atoms with Crippen LogP contribution in [0.2, 0.25) is 0 Å². The number of benzene rings is 3. The molecule has 2 aliphatic rings. The molecule has 2 aromatic heterocycles. The summed E-state index contributed by atoms with van der Waals surface area (Å²) in [6, 6.07) is 19.1. The summed E-state index contributed by atoms with van der Waals surface area (Å²) in [5, 5.41) is 6.58. The van der Waals surface area contributed by atoms with Gasteiger partial charge in [0.05, 0.1) is 34.0 Å². The zero-order chi connectivity index (χ0) is 37.7. The van der Waals surface area contributed by atoms with Crippen molar-refractivity contribution in [1.82, 2.24) is 29.4 Å². The van der Waals surface area contributed by atoms with E-state index < -0.39 is 46.0 Å². The molecule has 0 radical (unpaired) electrons. The highest BCUT2D eigenvalue weighted by atomic mass is 32.2. The van der Waals surface area contributed by atoms with Crippen LogP contribution in [0.25, 0.3) is 16.9 Å². The number of nitrogens with zero attached hydrogens (tertiary/aromatic N) is 6. The number of imide groups is 1. The fraction of sp³-hybridized carbons (Fsp3) is 0.294. The third kappa shape index (κ3) is 7.24. The topological polar surface area (TPSA) is 163 Å². The van der Waals surface area contributed by atoms with Crippen molar-refractivity contribution in [2.75, 3.05) is 24.7 Å². The number of aromatic nitrogens is 4. The number of carbonyl (C=O) groups excluding carboxylic acids is 3. The van der Waals surface area contributed by atoms with Gasteiger partial charge in [0.1, 0.15) is 5.02 Å². The Morgan fingerprint density at radius 3 is 2.21 bits per heavy atom. The Morgan fingerprint density at radius 1 is 0.981 bits per heavy atom. The summed E-state index contributed by atoms with van der Waals surface area (Å²) < 4.78 is 80.1. The minimum absolute atomic E-state index is 0.0609. The van der Waals surface area contributed by atoms with Gasteiger partial charge in [-0.3, -0.25) is 14.6 Å². The number of ether oxygens (including phenoxy) is 1. The van der Waals surface area contributed by atoms with Crippen LogP contribution in [0.1, 0.15) is 51.7 Å². The van der Waals surface area contributed by atoms with E-state index >= 15 is 0 Å². The van der Waals surface area contributed by atoms with Gasteiger partial charge in [-0.1, -0.05) is 42.0 Å². The third-order valence-electron chi connectivity index (χ3n) is 8.93. The van der Waals surface area contributed by atoms with Gasteiger partial charge >= 0.3 is 12.3 Å².